The van der Waals surface area contributed by atoms with E-state index in [0.717, 1.165) is 55.1 Å². The topological polar surface area (TPSA) is 137 Å². The number of hydrogen-bond acceptors (Lipinski definition) is 10. The van der Waals surface area contributed by atoms with Crippen LogP contribution in [0.2, 0.25) is 0 Å². The van der Waals surface area contributed by atoms with Crippen LogP contribution in [0.3, 0.4) is 0 Å². The second kappa shape index (κ2) is 14.7. The highest BCUT2D eigenvalue weighted by atomic mass is 32.1. The zero-order valence-electron chi connectivity index (χ0n) is 25.7. The number of carbonyl (C=O) groups excluding carboxylic acids is 1. The number of nitrogens with zero attached hydrogens (tertiary/aromatic N) is 2. The van der Waals surface area contributed by atoms with Gasteiger partial charge < -0.3 is 39.6 Å². The van der Waals surface area contributed by atoms with Gasteiger partial charge in [0.1, 0.15) is 29.4 Å². The molecule has 0 bridgehead atoms. The summed E-state index contributed by atoms with van der Waals surface area (Å²) in [6, 6.07) is 20.4. The lowest BCUT2D eigenvalue weighted by Crippen LogP contribution is -2.58. The third kappa shape index (κ3) is 7.88. The summed E-state index contributed by atoms with van der Waals surface area (Å²) in [6.07, 6.45) is 0.915. The maximum Gasteiger partial charge on any atom is 0.305 e. The number of phenolic OH excluding ortho intramolecular Hbond substituents is 1. The number of aromatic hydroxyl groups is 1. The number of hydrogen-bond donors (Lipinski definition) is 4. The highest BCUT2D eigenvalue weighted by molar-refractivity contribution is 7.16. The molecule has 2 saturated heterocycles. The molecule has 0 unspecified atom stereocenters. The average Bonchev–Trinajstić information content (AvgIpc) is 3.48. The van der Waals surface area contributed by atoms with Crippen molar-refractivity contribution in [2.75, 3.05) is 59.1 Å². The van der Waals surface area contributed by atoms with Gasteiger partial charge >= 0.3 is 4.87 Å². The fraction of sp³-hybridized carbons (Fsp3) is 0.412. The van der Waals surface area contributed by atoms with Gasteiger partial charge in [0.2, 0.25) is 0 Å². The third-order valence-electron chi connectivity index (χ3n) is 8.69. The molecule has 2 aliphatic rings. The number of aliphatic hydroxyl groups excluding tert-OH is 1. The number of ether oxygens (including phenoxy) is 3. The van der Waals surface area contributed by atoms with Gasteiger partial charge in [-0.2, -0.15) is 0 Å². The van der Waals surface area contributed by atoms with Crippen molar-refractivity contribution in [1.82, 2.24) is 20.1 Å². The molecule has 46 heavy (non-hydrogen) atoms. The van der Waals surface area contributed by atoms with E-state index in [4.69, 9.17) is 14.2 Å². The van der Waals surface area contributed by atoms with E-state index in [2.05, 4.69) is 15.2 Å². The number of likely N-dealkylation sites (tertiary alicyclic amines) is 1. The van der Waals surface area contributed by atoms with E-state index in [1.807, 2.05) is 59.5 Å². The Hall–Kier alpha value is -3.94. The fourth-order valence-corrected chi connectivity index (χ4v) is 6.98. The Morgan fingerprint density at radius 2 is 1.78 bits per heavy atom. The second-order valence-corrected chi connectivity index (χ2v) is 12.8. The molecule has 0 saturated carbocycles. The molecule has 2 aliphatic heterocycles. The van der Waals surface area contributed by atoms with E-state index in [-0.39, 0.29) is 28.7 Å². The SMILES string of the molecule is O=C(COc1ccccc1)N1CCOC2(CCN(CCOc3ccc(CNC[C@H](O)c4ccc(O)c5[nH]c(=O)sc45)cc3)CC2)C1. The number of aromatic nitrogens is 1. The van der Waals surface area contributed by atoms with Gasteiger partial charge in [0.25, 0.3) is 5.91 Å². The molecule has 1 spiro atoms. The number of fused-ring (bicyclic) bond motifs is 1. The number of amides is 1. The first kappa shape index (κ1) is 32.0. The standard InChI is InChI=1S/C34H40N4O7S/c39-28-11-10-27(32-31(28)36-33(42)46-32)29(40)21-35-20-24-6-8-26(9-7-24)43-18-16-37-14-12-34(13-15-37)23-38(17-19-45-34)30(41)22-44-25-4-2-1-3-5-25/h1-11,29,35,39-40H,12-23H2,(H,36,42)/t29-/m0/s1. The first-order chi connectivity index (χ1) is 22.4. The van der Waals surface area contributed by atoms with Crippen LogP contribution in [-0.4, -0.2) is 95.6 Å². The number of morpholine rings is 1. The lowest BCUT2D eigenvalue weighted by molar-refractivity contribution is -0.161. The van der Waals surface area contributed by atoms with Crippen molar-refractivity contribution >= 4 is 27.5 Å². The molecule has 0 aliphatic carbocycles. The van der Waals surface area contributed by atoms with Crippen molar-refractivity contribution in [3.8, 4) is 17.2 Å². The molecule has 3 heterocycles. The zero-order valence-corrected chi connectivity index (χ0v) is 26.5. The summed E-state index contributed by atoms with van der Waals surface area (Å²) >= 11 is 0.977. The summed E-state index contributed by atoms with van der Waals surface area (Å²) in [4.78, 5) is 31.2. The third-order valence-corrected chi connectivity index (χ3v) is 9.62. The number of rotatable bonds is 12. The molecule has 2 fully saturated rings. The van der Waals surface area contributed by atoms with Gasteiger partial charge in [0, 0.05) is 51.4 Å². The largest absolute Gasteiger partial charge is 0.506 e. The van der Waals surface area contributed by atoms with E-state index in [1.54, 1.807) is 6.07 Å². The van der Waals surface area contributed by atoms with Crippen molar-refractivity contribution in [1.29, 1.82) is 0 Å². The monoisotopic (exact) mass is 648 g/mol. The molecule has 244 valence electrons. The minimum Gasteiger partial charge on any atom is -0.506 e. The molecule has 12 heteroatoms. The number of para-hydroxylation sites is 1. The van der Waals surface area contributed by atoms with Crippen LogP contribution < -0.4 is 19.7 Å². The minimum absolute atomic E-state index is 0.00519. The summed E-state index contributed by atoms with van der Waals surface area (Å²) in [6.45, 7) is 5.80. The van der Waals surface area contributed by atoms with Crippen molar-refractivity contribution in [3.63, 3.8) is 0 Å². The zero-order chi connectivity index (χ0) is 31.9. The Morgan fingerprint density at radius 1 is 1.02 bits per heavy atom. The summed E-state index contributed by atoms with van der Waals surface area (Å²) in [5.74, 6) is 1.48. The van der Waals surface area contributed by atoms with E-state index in [1.165, 1.54) is 6.07 Å². The van der Waals surface area contributed by atoms with E-state index < -0.39 is 6.10 Å². The van der Waals surface area contributed by atoms with Gasteiger partial charge in [-0.15, -0.1) is 0 Å². The Bertz CT molecular complexity index is 1650. The van der Waals surface area contributed by atoms with Gasteiger partial charge in [0.05, 0.1) is 23.0 Å². The van der Waals surface area contributed by atoms with Crippen LogP contribution in [0.25, 0.3) is 10.2 Å². The van der Waals surface area contributed by atoms with Crippen LogP contribution in [0, 0.1) is 0 Å². The summed E-state index contributed by atoms with van der Waals surface area (Å²) in [7, 11) is 0. The quantitative estimate of drug-likeness (QED) is 0.183. The van der Waals surface area contributed by atoms with Crippen LogP contribution in [0.15, 0.2) is 71.5 Å². The molecule has 1 amide bonds. The van der Waals surface area contributed by atoms with E-state index in [9.17, 15) is 19.8 Å². The van der Waals surface area contributed by atoms with E-state index >= 15 is 0 Å². The Labute approximate surface area is 271 Å². The van der Waals surface area contributed by atoms with Crippen LogP contribution in [0.1, 0.15) is 30.1 Å². The Morgan fingerprint density at radius 3 is 2.57 bits per heavy atom. The molecule has 0 radical (unpaired) electrons. The minimum atomic E-state index is -0.826. The van der Waals surface area contributed by atoms with Crippen LogP contribution in [0.4, 0.5) is 0 Å². The second-order valence-electron chi connectivity index (χ2n) is 11.8. The molecule has 4 N–H and O–H groups in total. The number of phenols is 1. The molecular formula is C34H40N4O7S. The fourth-order valence-electron chi connectivity index (χ4n) is 6.06. The van der Waals surface area contributed by atoms with Crippen LogP contribution >= 0.6 is 11.3 Å². The molecule has 11 nitrogen and oxygen atoms in total. The lowest BCUT2D eigenvalue weighted by Gasteiger charge is -2.47. The maximum atomic E-state index is 12.8. The van der Waals surface area contributed by atoms with Crippen molar-refractivity contribution in [2.24, 2.45) is 0 Å². The normalized spacial score (nSPS) is 17.3. The molecule has 1 atom stereocenters. The van der Waals surface area contributed by atoms with Crippen molar-refractivity contribution < 1.29 is 29.2 Å². The summed E-state index contributed by atoms with van der Waals surface area (Å²) in [5, 5.41) is 23.9. The number of aromatic amines is 1. The summed E-state index contributed by atoms with van der Waals surface area (Å²) in [5.41, 5.74) is 1.71. The number of aliphatic hydroxyl groups is 1. The predicted molar refractivity (Wildman–Crippen MR) is 176 cm³/mol. The van der Waals surface area contributed by atoms with Gasteiger partial charge in [-0.3, -0.25) is 14.5 Å². The van der Waals surface area contributed by atoms with Crippen molar-refractivity contribution in [2.45, 2.75) is 31.1 Å². The number of H-pyrrole nitrogens is 1. The number of piperidine rings is 1. The van der Waals surface area contributed by atoms with Crippen LogP contribution in [-0.2, 0) is 16.1 Å². The van der Waals surface area contributed by atoms with Crippen molar-refractivity contribution in [3.05, 3.63) is 87.5 Å². The number of benzene rings is 3. The smallest absolute Gasteiger partial charge is 0.305 e. The average molecular weight is 649 g/mol. The van der Waals surface area contributed by atoms with Gasteiger partial charge in [-0.1, -0.05) is 47.7 Å². The Balaban J connectivity index is 0.888. The first-order valence-electron chi connectivity index (χ1n) is 15.6. The van der Waals surface area contributed by atoms with Gasteiger partial charge in [-0.25, -0.2) is 0 Å². The van der Waals surface area contributed by atoms with E-state index in [0.29, 0.717) is 60.9 Å². The molecule has 6 rings (SSSR count). The van der Waals surface area contributed by atoms with Gasteiger partial charge in [-0.05, 0) is 48.7 Å². The molecule has 1 aromatic heterocycles. The highest BCUT2D eigenvalue weighted by Crippen LogP contribution is 2.32. The Kier molecular flexibility index (Phi) is 10.2. The maximum absolute atomic E-state index is 12.8. The predicted octanol–water partition coefficient (Wildman–Crippen LogP) is 3.27. The number of carbonyl (C=O) groups is 1. The summed E-state index contributed by atoms with van der Waals surface area (Å²) < 4.78 is 18.5. The number of nitrogens with one attached hydrogen (secondary N) is 2. The number of thiazole rings is 1. The van der Waals surface area contributed by atoms with Crippen LogP contribution in [0.5, 0.6) is 17.2 Å². The first-order valence-corrected chi connectivity index (χ1v) is 16.5. The molecule has 3 aromatic carbocycles. The molecular weight excluding hydrogens is 608 g/mol. The van der Waals surface area contributed by atoms with Gasteiger partial charge in [0.15, 0.2) is 6.61 Å². The lowest BCUT2D eigenvalue weighted by atomic mass is 9.89. The highest BCUT2D eigenvalue weighted by Gasteiger charge is 2.41. The molecule has 4 aromatic rings.